The van der Waals surface area contributed by atoms with Crippen LogP contribution in [0, 0.1) is 0 Å². The van der Waals surface area contributed by atoms with Gasteiger partial charge in [-0.05, 0) is 37.5 Å². The third kappa shape index (κ3) is 3.71. The van der Waals surface area contributed by atoms with E-state index in [1.807, 2.05) is 0 Å². The van der Waals surface area contributed by atoms with Crippen molar-refractivity contribution in [3.8, 4) is 0 Å². The monoisotopic (exact) mass is 350 g/mol. The summed E-state index contributed by atoms with van der Waals surface area (Å²) in [4.78, 5) is 24.4. The lowest BCUT2D eigenvalue weighted by Gasteiger charge is -2.28. The molecule has 6 nitrogen and oxygen atoms in total. The Kier molecular flexibility index (Phi) is 5.06. The van der Waals surface area contributed by atoms with Gasteiger partial charge in [0, 0.05) is 17.3 Å². The van der Waals surface area contributed by atoms with Crippen molar-refractivity contribution in [2.24, 2.45) is 0 Å². The summed E-state index contributed by atoms with van der Waals surface area (Å²) in [5.41, 5.74) is 1.63. The number of halogens is 1. The zero-order chi connectivity index (χ0) is 17.1. The van der Waals surface area contributed by atoms with Crippen LogP contribution < -0.4 is 10.6 Å². The van der Waals surface area contributed by atoms with E-state index in [0.29, 0.717) is 22.9 Å². The van der Waals surface area contributed by atoms with Crippen molar-refractivity contribution >= 4 is 23.6 Å². The van der Waals surface area contributed by atoms with Crippen LogP contribution in [0.4, 0.5) is 4.79 Å². The molecular weight excluding hydrogens is 332 g/mol. The number of hydrogen-bond acceptors (Lipinski definition) is 4. The Balaban J connectivity index is 1.80. The smallest absolute Gasteiger partial charge is 0.338 e. The van der Waals surface area contributed by atoms with Gasteiger partial charge in [0.25, 0.3) is 0 Å². The molecule has 3 rings (SSSR count). The minimum absolute atomic E-state index is 0.0463. The Hall–Kier alpha value is -2.05. The van der Waals surface area contributed by atoms with Crippen LogP contribution in [0.3, 0.4) is 0 Å². The molecule has 128 valence electrons. The van der Waals surface area contributed by atoms with Gasteiger partial charge in [0.2, 0.25) is 0 Å². The Morgan fingerprint density at radius 2 is 2.12 bits per heavy atom. The van der Waals surface area contributed by atoms with Gasteiger partial charge in [-0.3, -0.25) is 0 Å². The lowest BCUT2D eigenvalue weighted by molar-refractivity contribution is -0.142. The molecule has 0 unspecified atom stereocenters. The van der Waals surface area contributed by atoms with E-state index in [1.54, 1.807) is 31.2 Å². The number of carbonyl (C=O) groups excluding carboxylic acids is 2. The number of urea groups is 1. The minimum Gasteiger partial charge on any atom is -0.459 e. The van der Waals surface area contributed by atoms with Crippen LogP contribution in [0.5, 0.6) is 0 Å². The zero-order valence-corrected chi connectivity index (χ0v) is 14.1. The fraction of sp³-hybridized carbons (Fsp3) is 0.412. The van der Waals surface area contributed by atoms with Gasteiger partial charge < -0.3 is 20.1 Å². The molecule has 2 atom stereocenters. The van der Waals surface area contributed by atoms with Crippen LogP contribution in [-0.4, -0.2) is 31.3 Å². The first kappa shape index (κ1) is 16.8. The SMILES string of the molecule is CC1=C(C(=O)OC[C@@H]2CCCO2)[C@H](c2ccc(Cl)cc2)NC(=O)N1. The van der Waals surface area contributed by atoms with Crippen molar-refractivity contribution in [2.75, 3.05) is 13.2 Å². The molecule has 0 aliphatic carbocycles. The molecule has 0 bridgehead atoms. The van der Waals surface area contributed by atoms with Crippen molar-refractivity contribution in [2.45, 2.75) is 31.9 Å². The van der Waals surface area contributed by atoms with Gasteiger partial charge in [-0.25, -0.2) is 9.59 Å². The van der Waals surface area contributed by atoms with Gasteiger partial charge in [-0.2, -0.15) is 0 Å². The maximum absolute atomic E-state index is 12.6. The molecule has 1 aromatic carbocycles. The average Bonchev–Trinajstić information content (AvgIpc) is 3.06. The van der Waals surface area contributed by atoms with Crippen LogP contribution in [0.25, 0.3) is 0 Å². The van der Waals surface area contributed by atoms with Gasteiger partial charge in [0.15, 0.2) is 0 Å². The van der Waals surface area contributed by atoms with E-state index < -0.39 is 12.0 Å². The molecule has 1 fully saturated rings. The molecule has 2 N–H and O–H groups in total. The van der Waals surface area contributed by atoms with Gasteiger partial charge in [0.1, 0.15) is 6.61 Å². The lowest BCUT2D eigenvalue weighted by atomic mass is 9.95. The van der Waals surface area contributed by atoms with Crippen molar-refractivity contribution < 1.29 is 19.1 Å². The van der Waals surface area contributed by atoms with E-state index in [2.05, 4.69) is 10.6 Å². The molecule has 1 saturated heterocycles. The number of amides is 2. The Morgan fingerprint density at radius 1 is 1.38 bits per heavy atom. The molecule has 24 heavy (non-hydrogen) atoms. The van der Waals surface area contributed by atoms with Crippen LogP contribution in [-0.2, 0) is 14.3 Å². The first-order chi connectivity index (χ1) is 11.5. The van der Waals surface area contributed by atoms with E-state index in [1.165, 1.54) is 0 Å². The zero-order valence-electron chi connectivity index (χ0n) is 13.3. The number of esters is 1. The number of benzene rings is 1. The summed E-state index contributed by atoms with van der Waals surface area (Å²) in [7, 11) is 0. The average molecular weight is 351 g/mol. The number of nitrogens with one attached hydrogen (secondary N) is 2. The molecule has 0 aromatic heterocycles. The molecule has 2 heterocycles. The summed E-state index contributed by atoms with van der Waals surface area (Å²) < 4.78 is 10.9. The van der Waals surface area contributed by atoms with Gasteiger partial charge in [-0.1, -0.05) is 23.7 Å². The Morgan fingerprint density at radius 3 is 2.79 bits per heavy atom. The third-order valence-electron chi connectivity index (χ3n) is 4.12. The second kappa shape index (κ2) is 7.23. The van der Waals surface area contributed by atoms with Crippen molar-refractivity contribution in [1.29, 1.82) is 0 Å². The topological polar surface area (TPSA) is 76.7 Å². The standard InChI is InChI=1S/C17H19ClN2O4/c1-10-14(16(21)24-9-13-3-2-8-23-13)15(20-17(22)19-10)11-4-6-12(18)7-5-11/h4-7,13,15H,2-3,8-9H2,1H3,(H2,19,20,22)/t13-,15-/m0/s1. The molecule has 2 aliphatic rings. The lowest BCUT2D eigenvalue weighted by Crippen LogP contribution is -2.45. The van der Waals surface area contributed by atoms with Crippen molar-refractivity contribution in [3.63, 3.8) is 0 Å². The Labute approximate surface area is 145 Å². The molecule has 1 aromatic rings. The highest BCUT2D eigenvalue weighted by Crippen LogP contribution is 2.28. The van der Waals surface area contributed by atoms with Crippen LogP contribution in [0.2, 0.25) is 5.02 Å². The number of carbonyl (C=O) groups is 2. The van der Waals surface area contributed by atoms with E-state index in [0.717, 1.165) is 18.4 Å². The second-order valence-corrected chi connectivity index (χ2v) is 6.29. The van der Waals surface area contributed by atoms with Crippen LogP contribution >= 0.6 is 11.6 Å². The highest BCUT2D eigenvalue weighted by Gasteiger charge is 2.32. The molecule has 0 saturated carbocycles. The normalized spacial score (nSPS) is 23.7. The van der Waals surface area contributed by atoms with Crippen molar-refractivity contribution in [3.05, 3.63) is 46.1 Å². The van der Waals surface area contributed by atoms with Crippen LogP contribution in [0.15, 0.2) is 35.5 Å². The predicted molar refractivity (Wildman–Crippen MR) is 88.5 cm³/mol. The highest BCUT2D eigenvalue weighted by atomic mass is 35.5. The number of hydrogen-bond donors (Lipinski definition) is 2. The largest absolute Gasteiger partial charge is 0.459 e. The fourth-order valence-electron chi connectivity index (χ4n) is 2.89. The first-order valence-corrected chi connectivity index (χ1v) is 8.25. The summed E-state index contributed by atoms with van der Waals surface area (Å²) in [5, 5.41) is 5.96. The Bertz CT molecular complexity index is 666. The predicted octanol–water partition coefficient (Wildman–Crippen LogP) is 2.69. The van der Waals surface area contributed by atoms with E-state index >= 15 is 0 Å². The summed E-state index contributed by atoms with van der Waals surface area (Å²) in [6, 6.07) is 6.06. The molecule has 0 radical (unpaired) electrons. The van der Waals surface area contributed by atoms with Gasteiger partial charge in [0.05, 0.1) is 17.7 Å². The van der Waals surface area contributed by atoms with E-state index in [-0.39, 0.29) is 18.7 Å². The quantitative estimate of drug-likeness (QED) is 0.818. The van der Waals surface area contributed by atoms with E-state index in [4.69, 9.17) is 21.1 Å². The van der Waals surface area contributed by atoms with Crippen molar-refractivity contribution in [1.82, 2.24) is 10.6 Å². The van der Waals surface area contributed by atoms with Crippen LogP contribution in [0.1, 0.15) is 31.4 Å². The summed E-state index contributed by atoms with van der Waals surface area (Å²) in [6.45, 7) is 2.61. The first-order valence-electron chi connectivity index (χ1n) is 7.87. The number of ether oxygens (including phenoxy) is 2. The molecule has 2 amide bonds. The van der Waals surface area contributed by atoms with Gasteiger partial charge >= 0.3 is 12.0 Å². The second-order valence-electron chi connectivity index (χ2n) is 5.86. The van der Waals surface area contributed by atoms with Gasteiger partial charge in [-0.15, -0.1) is 0 Å². The molecule has 2 aliphatic heterocycles. The minimum atomic E-state index is -0.576. The molecule has 7 heteroatoms. The van der Waals surface area contributed by atoms with E-state index in [9.17, 15) is 9.59 Å². The maximum atomic E-state index is 12.6. The molecular formula is C17H19ClN2O4. The highest BCUT2D eigenvalue weighted by molar-refractivity contribution is 6.30. The summed E-state index contributed by atoms with van der Waals surface area (Å²) in [5.74, 6) is -0.463. The molecule has 0 spiro atoms. The number of allylic oxidation sites excluding steroid dienone is 1. The number of rotatable bonds is 4. The fourth-order valence-corrected chi connectivity index (χ4v) is 3.02. The maximum Gasteiger partial charge on any atom is 0.338 e. The third-order valence-corrected chi connectivity index (χ3v) is 4.37. The summed E-state index contributed by atoms with van der Waals surface area (Å²) in [6.07, 6.45) is 1.82. The summed E-state index contributed by atoms with van der Waals surface area (Å²) >= 11 is 5.91.